The molecular formula is C13H11Cl2NO4S. The fourth-order valence-electron chi connectivity index (χ4n) is 1.78. The third kappa shape index (κ3) is 3.29. The molecule has 1 aromatic carbocycles. The standard InChI is InChI=1S/C13H11Cl2NO4S/c1-5(17)10(13(19)20)16-12(18)11-9(15)7-3-2-6(14)4-8(7)21-11/h2-5,10,17H,1H3,(H,16,18)(H,19,20). The van der Waals surface area contributed by atoms with Crippen molar-refractivity contribution < 1.29 is 19.8 Å². The highest BCUT2D eigenvalue weighted by Crippen LogP contribution is 2.36. The highest BCUT2D eigenvalue weighted by atomic mass is 35.5. The summed E-state index contributed by atoms with van der Waals surface area (Å²) < 4.78 is 0.724. The number of amides is 1. The molecular weight excluding hydrogens is 337 g/mol. The van der Waals surface area contributed by atoms with Crippen LogP contribution in [0.5, 0.6) is 0 Å². The number of nitrogens with one attached hydrogen (secondary N) is 1. The summed E-state index contributed by atoms with van der Waals surface area (Å²) in [6.45, 7) is 1.28. The van der Waals surface area contributed by atoms with Crippen LogP contribution in [0.1, 0.15) is 16.6 Å². The normalized spacial score (nSPS) is 13.9. The predicted molar refractivity (Wildman–Crippen MR) is 82.4 cm³/mol. The molecule has 1 aromatic heterocycles. The highest BCUT2D eigenvalue weighted by Gasteiger charge is 2.27. The Balaban J connectivity index is 2.35. The van der Waals surface area contributed by atoms with E-state index in [2.05, 4.69) is 5.32 Å². The van der Waals surface area contributed by atoms with Crippen LogP contribution in [0.4, 0.5) is 0 Å². The maximum atomic E-state index is 12.1. The molecule has 1 amide bonds. The quantitative estimate of drug-likeness (QED) is 0.793. The van der Waals surface area contributed by atoms with Crippen molar-refractivity contribution in [2.75, 3.05) is 0 Å². The molecule has 0 aliphatic carbocycles. The second kappa shape index (κ2) is 6.19. The highest BCUT2D eigenvalue weighted by molar-refractivity contribution is 7.21. The Morgan fingerprint density at radius 2 is 2.00 bits per heavy atom. The largest absolute Gasteiger partial charge is 0.480 e. The average molecular weight is 348 g/mol. The van der Waals surface area contributed by atoms with Gasteiger partial charge in [-0.15, -0.1) is 11.3 Å². The fraction of sp³-hybridized carbons (Fsp3) is 0.231. The van der Waals surface area contributed by atoms with Crippen molar-refractivity contribution in [2.24, 2.45) is 0 Å². The molecule has 2 rings (SSSR count). The summed E-state index contributed by atoms with van der Waals surface area (Å²) in [4.78, 5) is 23.3. The number of halogens is 2. The van der Waals surface area contributed by atoms with Crippen molar-refractivity contribution in [3.63, 3.8) is 0 Å². The molecule has 0 saturated carbocycles. The minimum atomic E-state index is -1.40. The maximum Gasteiger partial charge on any atom is 0.328 e. The number of rotatable bonds is 4. The van der Waals surface area contributed by atoms with Gasteiger partial charge in [0.15, 0.2) is 6.04 Å². The van der Waals surface area contributed by atoms with Crippen LogP contribution < -0.4 is 5.32 Å². The lowest BCUT2D eigenvalue weighted by Crippen LogP contribution is -2.47. The van der Waals surface area contributed by atoms with Gasteiger partial charge < -0.3 is 15.5 Å². The number of carboxylic acids is 1. The molecule has 5 nitrogen and oxygen atoms in total. The molecule has 112 valence electrons. The Bertz CT molecular complexity index is 714. The van der Waals surface area contributed by atoms with E-state index < -0.39 is 24.0 Å². The number of hydrogen-bond donors (Lipinski definition) is 3. The van der Waals surface area contributed by atoms with Gasteiger partial charge in [-0.2, -0.15) is 0 Å². The number of benzene rings is 1. The average Bonchev–Trinajstić information content (AvgIpc) is 2.71. The predicted octanol–water partition coefficient (Wildman–Crippen LogP) is 2.77. The van der Waals surface area contributed by atoms with E-state index in [1.807, 2.05) is 0 Å². The van der Waals surface area contributed by atoms with Crippen molar-refractivity contribution in [3.8, 4) is 0 Å². The Morgan fingerprint density at radius 3 is 2.57 bits per heavy atom. The Kier molecular flexibility index (Phi) is 4.73. The van der Waals surface area contributed by atoms with E-state index in [9.17, 15) is 14.7 Å². The zero-order valence-electron chi connectivity index (χ0n) is 10.8. The zero-order valence-corrected chi connectivity index (χ0v) is 13.1. The summed E-state index contributed by atoms with van der Waals surface area (Å²) in [6.07, 6.45) is -1.23. The van der Waals surface area contributed by atoms with E-state index in [1.54, 1.807) is 18.2 Å². The number of carbonyl (C=O) groups excluding carboxylic acids is 1. The molecule has 0 aliphatic heterocycles. The van der Waals surface area contributed by atoms with Gasteiger partial charge in [0.25, 0.3) is 5.91 Å². The minimum Gasteiger partial charge on any atom is -0.480 e. The monoisotopic (exact) mass is 347 g/mol. The summed E-state index contributed by atoms with van der Waals surface area (Å²) in [6, 6.07) is 3.62. The van der Waals surface area contributed by atoms with E-state index in [-0.39, 0.29) is 9.90 Å². The molecule has 0 radical (unpaired) electrons. The third-order valence-electron chi connectivity index (χ3n) is 2.83. The number of fused-ring (bicyclic) bond motifs is 1. The van der Waals surface area contributed by atoms with Crippen molar-refractivity contribution in [3.05, 3.63) is 33.1 Å². The molecule has 21 heavy (non-hydrogen) atoms. The van der Waals surface area contributed by atoms with Crippen LogP contribution in [0, 0.1) is 0 Å². The molecule has 2 atom stereocenters. The van der Waals surface area contributed by atoms with Crippen LogP contribution in [0.2, 0.25) is 10.0 Å². The lowest BCUT2D eigenvalue weighted by atomic mass is 10.2. The Hall–Kier alpha value is -1.34. The van der Waals surface area contributed by atoms with Crippen molar-refractivity contribution in [1.82, 2.24) is 5.32 Å². The molecule has 8 heteroatoms. The topological polar surface area (TPSA) is 86.6 Å². The van der Waals surface area contributed by atoms with Gasteiger partial charge in [0.1, 0.15) is 4.88 Å². The summed E-state index contributed by atoms with van der Waals surface area (Å²) in [5.41, 5.74) is 0. The SMILES string of the molecule is CC(O)C(NC(=O)c1sc2cc(Cl)ccc2c1Cl)C(=O)O. The first-order chi connectivity index (χ1) is 9.81. The molecule has 3 N–H and O–H groups in total. The molecule has 0 bridgehead atoms. The number of carbonyl (C=O) groups is 2. The van der Waals surface area contributed by atoms with Gasteiger partial charge in [0, 0.05) is 15.1 Å². The fourth-order valence-corrected chi connectivity index (χ4v) is 3.48. The lowest BCUT2D eigenvalue weighted by molar-refractivity contribution is -0.141. The number of hydrogen-bond acceptors (Lipinski definition) is 4. The third-order valence-corrected chi connectivity index (χ3v) is 4.72. The molecule has 2 unspecified atom stereocenters. The number of thiophene rings is 1. The van der Waals surface area contributed by atoms with Crippen LogP contribution in [0.25, 0.3) is 10.1 Å². The van der Waals surface area contributed by atoms with E-state index in [0.29, 0.717) is 10.4 Å². The van der Waals surface area contributed by atoms with Gasteiger partial charge in [-0.05, 0) is 19.1 Å². The molecule has 0 saturated heterocycles. The number of aliphatic hydroxyl groups is 1. The first-order valence-corrected chi connectivity index (χ1v) is 7.47. The van der Waals surface area contributed by atoms with Crippen molar-refractivity contribution in [2.45, 2.75) is 19.1 Å². The van der Waals surface area contributed by atoms with Gasteiger partial charge in [0.05, 0.1) is 11.1 Å². The summed E-state index contributed by atoms with van der Waals surface area (Å²) in [7, 11) is 0. The van der Waals surface area contributed by atoms with Crippen molar-refractivity contribution >= 4 is 56.5 Å². The van der Waals surface area contributed by atoms with Gasteiger partial charge in [-0.25, -0.2) is 4.79 Å². The van der Waals surface area contributed by atoms with Gasteiger partial charge >= 0.3 is 5.97 Å². The van der Waals surface area contributed by atoms with Gasteiger partial charge in [0.2, 0.25) is 0 Å². The van der Waals surface area contributed by atoms with Gasteiger partial charge in [-0.1, -0.05) is 29.3 Å². The van der Waals surface area contributed by atoms with Crippen LogP contribution in [-0.4, -0.2) is 34.2 Å². The first-order valence-electron chi connectivity index (χ1n) is 5.90. The Morgan fingerprint density at radius 1 is 1.33 bits per heavy atom. The van der Waals surface area contributed by atoms with Crippen molar-refractivity contribution in [1.29, 1.82) is 0 Å². The van der Waals surface area contributed by atoms with E-state index >= 15 is 0 Å². The second-order valence-electron chi connectivity index (χ2n) is 4.42. The van der Waals surface area contributed by atoms with E-state index in [0.717, 1.165) is 16.0 Å². The molecule has 0 fully saturated rings. The zero-order chi connectivity index (χ0) is 15.7. The number of aliphatic carboxylic acids is 1. The van der Waals surface area contributed by atoms with Crippen LogP contribution in [0.3, 0.4) is 0 Å². The number of aliphatic hydroxyl groups excluding tert-OH is 1. The smallest absolute Gasteiger partial charge is 0.328 e. The lowest BCUT2D eigenvalue weighted by Gasteiger charge is -2.16. The maximum absolute atomic E-state index is 12.1. The minimum absolute atomic E-state index is 0.181. The summed E-state index contributed by atoms with van der Waals surface area (Å²) in [5.74, 6) is -1.97. The number of carboxylic acid groups (broad SMARTS) is 1. The second-order valence-corrected chi connectivity index (χ2v) is 6.28. The van der Waals surface area contributed by atoms with Gasteiger partial charge in [-0.3, -0.25) is 4.79 Å². The van der Waals surface area contributed by atoms with Crippen LogP contribution in [-0.2, 0) is 4.79 Å². The molecule has 1 heterocycles. The van der Waals surface area contributed by atoms with Crippen LogP contribution in [0.15, 0.2) is 18.2 Å². The molecule has 0 aliphatic rings. The van der Waals surface area contributed by atoms with E-state index in [4.69, 9.17) is 28.3 Å². The van der Waals surface area contributed by atoms with E-state index in [1.165, 1.54) is 6.92 Å². The van der Waals surface area contributed by atoms with Crippen LogP contribution >= 0.6 is 34.5 Å². The molecule has 0 spiro atoms. The first kappa shape index (κ1) is 16.0. The molecule has 2 aromatic rings. The summed E-state index contributed by atoms with van der Waals surface area (Å²) >= 11 is 13.1. The Labute approximate surface area is 134 Å². The summed E-state index contributed by atoms with van der Waals surface area (Å²) in [5, 5.41) is 22.0.